The maximum atomic E-state index is 11.7. The maximum absolute atomic E-state index is 11.7. The van der Waals surface area contributed by atoms with E-state index in [-0.39, 0.29) is 23.5 Å². The number of aromatic amines is 1. The minimum absolute atomic E-state index is 0.0987. The summed E-state index contributed by atoms with van der Waals surface area (Å²) in [6, 6.07) is 3.04. The zero-order valence-corrected chi connectivity index (χ0v) is 13.4. The topological polar surface area (TPSA) is 97.5 Å². The fourth-order valence-corrected chi connectivity index (χ4v) is 2.86. The van der Waals surface area contributed by atoms with E-state index >= 15 is 0 Å². The number of rotatable bonds is 5. The van der Waals surface area contributed by atoms with Crippen LogP contribution in [0.3, 0.4) is 0 Å². The third kappa shape index (κ3) is 4.41. The lowest BCUT2D eigenvalue weighted by Crippen LogP contribution is -2.42. The number of methoxy groups -OCH3 is 2. The van der Waals surface area contributed by atoms with E-state index in [0.29, 0.717) is 24.2 Å². The molecule has 0 spiro atoms. The number of pyridine rings is 1. The van der Waals surface area contributed by atoms with Gasteiger partial charge < -0.3 is 19.8 Å². The number of hydrogen-bond donors (Lipinski definition) is 2. The summed E-state index contributed by atoms with van der Waals surface area (Å²) in [5, 5.41) is 3.32. The number of esters is 2. The average Bonchev–Trinajstić information content (AvgIpc) is 2.59. The van der Waals surface area contributed by atoms with Gasteiger partial charge in [0.05, 0.1) is 25.7 Å². The van der Waals surface area contributed by atoms with Crippen LogP contribution in [-0.2, 0) is 20.7 Å². The molecule has 2 N–H and O–H groups in total. The summed E-state index contributed by atoms with van der Waals surface area (Å²) in [5.41, 5.74) is 0.728. The molecule has 7 nitrogen and oxygen atoms in total. The van der Waals surface area contributed by atoms with E-state index in [1.807, 2.05) is 0 Å². The van der Waals surface area contributed by atoms with Gasteiger partial charge in [0, 0.05) is 24.3 Å². The minimum Gasteiger partial charge on any atom is -0.469 e. The van der Waals surface area contributed by atoms with Gasteiger partial charge in [0.2, 0.25) is 5.56 Å². The van der Waals surface area contributed by atoms with Crippen LogP contribution in [0.1, 0.15) is 35.3 Å². The molecule has 2 atom stereocenters. The van der Waals surface area contributed by atoms with Crippen LogP contribution in [0, 0.1) is 5.92 Å². The predicted octanol–water partition coefficient (Wildman–Crippen LogP) is 0.635. The number of carbonyl (C=O) groups is 2. The van der Waals surface area contributed by atoms with Crippen molar-refractivity contribution in [3.05, 3.63) is 33.7 Å². The molecule has 0 aliphatic carbocycles. The number of hydrogen-bond acceptors (Lipinski definition) is 6. The SMILES string of the molecule is COC(=O)c1ccc(=O)[nH]c1CCC1CCC(C(=O)OC)CN1. The lowest BCUT2D eigenvalue weighted by molar-refractivity contribution is -0.146. The highest BCUT2D eigenvalue weighted by Gasteiger charge is 2.26. The molecule has 1 aliphatic heterocycles. The molecule has 1 aliphatic rings. The van der Waals surface area contributed by atoms with Crippen molar-refractivity contribution in [3.8, 4) is 0 Å². The molecular formula is C16H22N2O5. The van der Waals surface area contributed by atoms with Crippen LogP contribution >= 0.6 is 0 Å². The molecule has 1 fully saturated rings. The van der Waals surface area contributed by atoms with Crippen molar-refractivity contribution >= 4 is 11.9 Å². The minimum atomic E-state index is -0.460. The van der Waals surface area contributed by atoms with Crippen molar-refractivity contribution in [3.63, 3.8) is 0 Å². The first-order valence-corrected chi connectivity index (χ1v) is 7.67. The first-order valence-electron chi connectivity index (χ1n) is 7.67. The molecule has 0 saturated carbocycles. The summed E-state index contributed by atoms with van der Waals surface area (Å²) in [4.78, 5) is 37.4. The summed E-state index contributed by atoms with van der Waals surface area (Å²) in [5.74, 6) is -0.742. The van der Waals surface area contributed by atoms with Gasteiger partial charge in [-0.15, -0.1) is 0 Å². The van der Waals surface area contributed by atoms with Gasteiger partial charge >= 0.3 is 11.9 Å². The van der Waals surface area contributed by atoms with Gasteiger partial charge in [0.25, 0.3) is 0 Å². The Labute approximate surface area is 134 Å². The molecule has 1 saturated heterocycles. The summed E-state index contributed by atoms with van der Waals surface area (Å²) in [7, 11) is 2.71. The first kappa shape index (κ1) is 17.2. The quantitative estimate of drug-likeness (QED) is 0.772. The largest absolute Gasteiger partial charge is 0.469 e. The monoisotopic (exact) mass is 322 g/mol. The van der Waals surface area contributed by atoms with E-state index in [1.54, 1.807) is 0 Å². The summed E-state index contributed by atoms with van der Waals surface area (Å²) >= 11 is 0. The number of ether oxygens (including phenoxy) is 2. The Hall–Kier alpha value is -2.15. The smallest absolute Gasteiger partial charge is 0.339 e. The second kappa shape index (κ2) is 7.92. The van der Waals surface area contributed by atoms with Crippen LogP contribution in [0.25, 0.3) is 0 Å². The molecule has 1 aromatic rings. The average molecular weight is 322 g/mol. The van der Waals surface area contributed by atoms with Gasteiger partial charge in [0.15, 0.2) is 0 Å². The standard InChI is InChI=1S/C16H22N2O5/c1-22-15(20)10-3-4-11(17-9-10)5-7-13-12(16(21)23-2)6-8-14(19)18-13/h6,8,10-11,17H,3-5,7,9H2,1-2H3,(H,18,19). The summed E-state index contributed by atoms with van der Waals surface area (Å²) < 4.78 is 9.49. The first-order chi connectivity index (χ1) is 11.0. The van der Waals surface area contributed by atoms with Crippen LogP contribution in [0.2, 0.25) is 0 Å². The molecule has 0 bridgehead atoms. The number of piperidine rings is 1. The molecule has 0 radical (unpaired) electrons. The normalized spacial score (nSPS) is 20.8. The third-order valence-electron chi connectivity index (χ3n) is 4.20. The highest BCUT2D eigenvalue weighted by molar-refractivity contribution is 5.90. The second-order valence-corrected chi connectivity index (χ2v) is 5.65. The molecule has 0 amide bonds. The summed E-state index contributed by atoms with van der Waals surface area (Å²) in [6.07, 6.45) is 2.95. The highest BCUT2D eigenvalue weighted by Crippen LogP contribution is 2.19. The van der Waals surface area contributed by atoms with Gasteiger partial charge in [-0.05, 0) is 31.7 Å². The molecule has 126 valence electrons. The number of H-pyrrole nitrogens is 1. The van der Waals surface area contributed by atoms with Crippen LogP contribution in [0.15, 0.2) is 16.9 Å². The molecule has 2 rings (SSSR count). The zero-order valence-electron chi connectivity index (χ0n) is 13.4. The van der Waals surface area contributed by atoms with Gasteiger partial charge in [-0.3, -0.25) is 9.59 Å². The Kier molecular flexibility index (Phi) is 5.92. The Bertz CT molecular complexity index is 617. The van der Waals surface area contributed by atoms with Gasteiger partial charge in [0.1, 0.15) is 0 Å². The van der Waals surface area contributed by atoms with Crippen LogP contribution < -0.4 is 10.9 Å². The van der Waals surface area contributed by atoms with E-state index in [4.69, 9.17) is 9.47 Å². The molecule has 1 aromatic heterocycles. The van der Waals surface area contributed by atoms with Crippen molar-refractivity contribution in [1.29, 1.82) is 0 Å². The van der Waals surface area contributed by atoms with Gasteiger partial charge in [-0.2, -0.15) is 0 Å². The Balaban J connectivity index is 1.94. The lowest BCUT2D eigenvalue weighted by atomic mass is 9.92. The number of aromatic nitrogens is 1. The fraction of sp³-hybridized carbons (Fsp3) is 0.562. The Morgan fingerprint density at radius 2 is 2.00 bits per heavy atom. The van der Waals surface area contributed by atoms with Crippen LogP contribution in [-0.4, -0.2) is 43.7 Å². The van der Waals surface area contributed by atoms with Crippen molar-refractivity contribution < 1.29 is 19.1 Å². The molecule has 2 unspecified atom stereocenters. The van der Waals surface area contributed by atoms with Gasteiger partial charge in [-0.25, -0.2) is 4.79 Å². The lowest BCUT2D eigenvalue weighted by Gasteiger charge is -2.28. The van der Waals surface area contributed by atoms with E-state index in [0.717, 1.165) is 19.3 Å². The van der Waals surface area contributed by atoms with Crippen LogP contribution in [0.4, 0.5) is 0 Å². The van der Waals surface area contributed by atoms with Crippen molar-refractivity contribution in [1.82, 2.24) is 10.3 Å². The molecule has 7 heteroatoms. The highest BCUT2D eigenvalue weighted by atomic mass is 16.5. The molecular weight excluding hydrogens is 300 g/mol. The van der Waals surface area contributed by atoms with E-state index in [2.05, 4.69) is 10.3 Å². The number of nitrogens with one attached hydrogen (secondary N) is 2. The molecule has 23 heavy (non-hydrogen) atoms. The fourth-order valence-electron chi connectivity index (χ4n) is 2.86. The Morgan fingerprint density at radius 1 is 1.22 bits per heavy atom. The Morgan fingerprint density at radius 3 is 2.61 bits per heavy atom. The second-order valence-electron chi connectivity index (χ2n) is 5.65. The molecule has 0 aromatic carbocycles. The van der Waals surface area contributed by atoms with E-state index in [9.17, 15) is 14.4 Å². The van der Waals surface area contributed by atoms with Crippen molar-refractivity contribution in [2.45, 2.75) is 31.7 Å². The van der Waals surface area contributed by atoms with Crippen LogP contribution in [0.5, 0.6) is 0 Å². The zero-order chi connectivity index (χ0) is 16.8. The molecule has 2 heterocycles. The summed E-state index contributed by atoms with van der Waals surface area (Å²) in [6.45, 7) is 0.590. The maximum Gasteiger partial charge on any atom is 0.339 e. The van der Waals surface area contributed by atoms with Gasteiger partial charge in [-0.1, -0.05) is 0 Å². The van der Waals surface area contributed by atoms with E-state index < -0.39 is 5.97 Å². The van der Waals surface area contributed by atoms with Crippen molar-refractivity contribution in [2.75, 3.05) is 20.8 Å². The number of aryl methyl sites for hydroxylation is 1. The van der Waals surface area contributed by atoms with Crippen molar-refractivity contribution in [2.24, 2.45) is 5.92 Å². The van der Waals surface area contributed by atoms with E-state index in [1.165, 1.54) is 26.4 Å². The third-order valence-corrected chi connectivity index (χ3v) is 4.20. The number of carbonyl (C=O) groups excluding carboxylic acids is 2. The predicted molar refractivity (Wildman–Crippen MR) is 83.3 cm³/mol.